The van der Waals surface area contributed by atoms with Crippen molar-refractivity contribution in [1.29, 1.82) is 0 Å². The summed E-state index contributed by atoms with van der Waals surface area (Å²) in [5.41, 5.74) is 0.848. The summed E-state index contributed by atoms with van der Waals surface area (Å²) in [5.74, 6) is 0.0590. The molecule has 3 aliphatic carbocycles. The van der Waals surface area contributed by atoms with E-state index in [2.05, 4.69) is 19.9 Å². The molecule has 2 fully saturated rings. The van der Waals surface area contributed by atoms with Crippen LogP contribution in [0.15, 0.2) is 24.1 Å². The number of fused-ring (bicyclic) bond motifs is 3. The largest absolute Gasteiger partial charge is 0.481 e. The van der Waals surface area contributed by atoms with Crippen LogP contribution in [0.3, 0.4) is 0 Å². The highest BCUT2D eigenvalue weighted by atomic mass is 19.1. The Morgan fingerprint density at radius 2 is 2.04 bits per heavy atom. The first-order valence-corrected chi connectivity index (χ1v) is 8.95. The van der Waals surface area contributed by atoms with Crippen molar-refractivity contribution >= 4 is 5.97 Å². The Labute approximate surface area is 138 Å². The molecule has 0 spiro atoms. The van der Waals surface area contributed by atoms with Gasteiger partial charge in [0.15, 0.2) is 0 Å². The van der Waals surface area contributed by atoms with Crippen LogP contribution in [0, 0.1) is 28.1 Å². The molecule has 0 amide bonds. The summed E-state index contributed by atoms with van der Waals surface area (Å²) in [7, 11) is 0. The van der Waals surface area contributed by atoms with Gasteiger partial charge < -0.3 is 5.11 Å². The molecule has 0 aliphatic heterocycles. The van der Waals surface area contributed by atoms with Crippen molar-refractivity contribution in [2.45, 2.75) is 65.7 Å². The van der Waals surface area contributed by atoms with E-state index in [1.165, 1.54) is 5.57 Å². The third-order valence-corrected chi connectivity index (χ3v) is 7.40. The molecule has 0 unspecified atom stereocenters. The van der Waals surface area contributed by atoms with Gasteiger partial charge >= 0.3 is 5.97 Å². The number of rotatable bonds is 2. The van der Waals surface area contributed by atoms with Gasteiger partial charge in [-0.05, 0) is 74.2 Å². The fraction of sp³-hybridized carbons (Fsp3) is 0.750. The van der Waals surface area contributed by atoms with Gasteiger partial charge in [0.05, 0.1) is 11.7 Å². The zero-order chi connectivity index (χ0) is 16.9. The second-order valence-electron chi connectivity index (χ2n) is 8.86. The quantitative estimate of drug-likeness (QED) is 0.682. The normalized spacial score (nSPS) is 46.9. The van der Waals surface area contributed by atoms with Crippen molar-refractivity contribution in [2.75, 3.05) is 0 Å². The summed E-state index contributed by atoms with van der Waals surface area (Å²) in [4.78, 5) is 12.0. The summed E-state index contributed by atoms with van der Waals surface area (Å²) in [6.07, 6.45) is 11.4. The smallest absolute Gasteiger partial charge is 0.309 e. The first kappa shape index (κ1) is 16.7. The van der Waals surface area contributed by atoms with Crippen molar-refractivity contribution < 1.29 is 14.3 Å². The molecule has 3 aliphatic rings. The van der Waals surface area contributed by atoms with Gasteiger partial charge in [-0.25, -0.2) is 4.39 Å². The third-order valence-electron chi connectivity index (χ3n) is 7.40. The number of hydrogen-bond donors (Lipinski definition) is 1. The zero-order valence-electron chi connectivity index (χ0n) is 14.6. The lowest BCUT2D eigenvalue weighted by Gasteiger charge is -2.58. The highest BCUT2D eigenvalue weighted by Crippen LogP contribution is 2.63. The van der Waals surface area contributed by atoms with Gasteiger partial charge in [-0.15, -0.1) is 0 Å². The minimum Gasteiger partial charge on any atom is -0.481 e. The van der Waals surface area contributed by atoms with Gasteiger partial charge in [0.1, 0.15) is 0 Å². The lowest BCUT2D eigenvalue weighted by atomic mass is 9.45. The van der Waals surface area contributed by atoms with Crippen LogP contribution in [0.5, 0.6) is 0 Å². The van der Waals surface area contributed by atoms with Crippen molar-refractivity contribution in [3.63, 3.8) is 0 Å². The summed E-state index contributed by atoms with van der Waals surface area (Å²) in [6, 6.07) is 0. The molecule has 0 aromatic rings. The van der Waals surface area contributed by atoms with Gasteiger partial charge in [-0.2, -0.15) is 0 Å². The first-order valence-electron chi connectivity index (χ1n) is 8.95. The molecule has 3 heteroatoms. The molecule has 5 atom stereocenters. The molecule has 128 valence electrons. The van der Waals surface area contributed by atoms with E-state index in [0.29, 0.717) is 12.2 Å². The number of carboxylic acid groups (broad SMARTS) is 1. The highest BCUT2D eigenvalue weighted by Gasteiger charge is 2.58. The highest BCUT2D eigenvalue weighted by molar-refractivity contribution is 5.75. The molecule has 0 radical (unpaired) electrons. The monoisotopic (exact) mass is 320 g/mol. The molecule has 23 heavy (non-hydrogen) atoms. The number of hydrogen-bond acceptors (Lipinski definition) is 1. The molecular weight excluding hydrogens is 291 g/mol. The molecule has 0 heterocycles. The number of carboxylic acids is 1. The van der Waals surface area contributed by atoms with Crippen LogP contribution in [-0.2, 0) is 4.79 Å². The van der Waals surface area contributed by atoms with E-state index >= 15 is 0 Å². The van der Waals surface area contributed by atoms with E-state index in [0.717, 1.165) is 44.9 Å². The number of aliphatic carboxylic acids is 1. The molecule has 2 nitrogen and oxygen atoms in total. The summed E-state index contributed by atoms with van der Waals surface area (Å²) in [6.45, 7) is 6.41. The lowest BCUT2D eigenvalue weighted by Crippen LogP contribution is -2.53. The van der Waals surface area contributed by atoms with Crippen LogP contribution in [0.1, 0.15) is 65.7 Å². The first-order chi connectivity index (χ1) is 10.8. The predicted molar refractivity (Wildman–Crippen MR) is 89.6 cm³/mol. The summed E-state index contributed by atoms with van der Waals surface area (Å²) < 4.78 is 12.7. The maximum absolute atomic E-state index is 12.7. The van der Waals surface area contributed by atoms with Gasteiger partial charge in [-0.1, -0.05) is 31.9 Å². The van der Waals surface area contributed by atoms with Gasteiger partial charge in [0.25, 0.3) is 0 Å². The van der Waals surface area contributed by atoms with Crippen LogP contribution >= 0.6 is 0 Å². The number of allylic oxidation sites excluding steroid dienone is 3. The van der Waals surface area contributed by atoms with Crippen LogP contribution in [0.4, 0.5) is 4.39 Å². The standard InChI is InChI=1S/C20H29FO2/c1-18(11-12-21)10-7-15-14(13-18)5-6-16-19(15,2)8-4-9-20(16,3)17(22)23/h5,11-12,15-16H,4,6-10,13H2,1-3H3,(H,22,23)/b12-11-/t15-,16+,18+,19+,20+/m0/s1. The molecule has 0 bridgehead atoms. The minimum absolute atomic E-state index is 0.0783. The molecule has 3 rings (SSSR count). The summed E-state index contributed by atoms with van der Waals surface area (Å²) in [5, 5.41) is 9.83. The average Bonchev–Trinajstić information content (AvgIpc) is 2.46. The summed E-state index contributed by atoms with van der Waals surface area (Å²) >= 11 is 0. The second-order valence-corrected chi connectivity index (χ2v) is 8.86. The molecule has 1 N–H and O–H groups in total. The van der Waals surface area contributed by atoms with Gasteiger partial charge in [-0.3, -0.25) is 4.79 Å². The second kappa shape index (κ2) is 5.46. The molecule has 0 aromatic carbocycles. The molecular formula is C20H29FO2. The Morgan fingerprint density at radius 3 is 2.70 bits per heavy atom. The SMILES string of the molecule is C[C@]1(/C=C\F)CC[C@H]2C(=CC[C@@H]3[C@]2(C)CCC[C@@]3(C)C(=O)O)C1. The molecule has 0 aromatic heterocycles. The minimum atomic E-state index is -0.633. The Bertz CT molecular complexity index is 566. The van der Waals surface area contributed by atoms with E-state index < -0.39 is 11.4 Å². The number of halogens is 1. The molecule has 0 saturated heterocycles. The zero-order valence-corrected chi connectivity index (χ0v) is 14.6. The lowest BCUT2D eigenvalue weighted by molar-refractivity contribution is -0.163. The van der Waals surface area contributed by atoms with Gasteiger partial charge in [0.2, 0.25) is 0 Å². The fourth-order valence-corrected chi connectivity index (χ4v) is 5.98. The van der Waals surface area contributed by atoms with E-state index in [4.69, 9.17) is 0 Å². The fourth-order valence-electron chi connectivity index (χ4n) is 5.98. The van der Waals surface area contributed by atoms with Crippen LogP contribution in [-0.4, -0.2) is 11.1 Å². The maximum Gasteiger partial charge on any atom is 0.309 e. The Balaban J connectivity index is 1.95. The third kappa shape index (κ3) is 2.47. The Hall–Kier alpha value is -1.12. The van der Waals surface area contributed by atoms with Gasteiger partial charge in [0, 0.05) is 0 Å². The van der Waals surface area contributed by atoms with E-state index in [1.807, 2.05) is 6.92 Å². The Kier molecular flexibility index (Phi) is 3.97. The van der Waals surface area contributed by atoms with E-state index in [9.17, 15) is 14.3 Å². The predicted octanol–water partition coefficient (Wildman–Crippen LogP) is 5.50. The van der Waals surface area contributed by atoms with Crippen molar-refractivity contribution in [2.24, 2.45) is 28.1 Å². The van der Waals surface area contributed by atoms with Crippen molar-refractivity contribution in [1.82, 2.24) is 0 Å². The van der Waals surface area contributed by atoms with Crippen molar-refractivity contribution in [3.05, 3.63) is 24.1 Å². The topological polar surface area (TPSA) is 37.3 Å². The molecule has 2 saturated carbocycles. The Morgan fingerprint density at radius 1 is 1.30 bits per heavy atom. The maximum atomic E-state index is 12.7. The van der Waals surface area contributed by atoms with Crippen LogP contribution in [0.25, 0.3) is 0 Å². The van der Waals surface area contributed by atoms with Crippen LogP contribution < -0.4 is 0 Å². The van der Waals surface area contributed by atoms with Crippen molar-refractivity contribution in [3.8, 4) is 0 Å². The van der Waals surface area contributed by atoms with Crippen LogP contribution in [0.2, 0.25) is 0 Å². The number of carbonyl (C=O) groups is 1. The average molecular weight is 320 g/mol. The van der Waals surface area contributed by atoms with E-state index in [-0.39, 0.29) is 16.7 Å². The van der Waals surface area contributed by atoms with E-state index in [1.54, 1.807) is 6.08 Å².